The van der Waals surface area contributed by atoms with E-state index in [2.05, 4.69) is 15.4 Å². The van der Waals surface area contributed by atoms with Gasteiger partial charge in [-0.05, 0) is 48.5 Å². The Balaban J connectivity index is 1.84. The summed E-state index contributed by atoms with van der Waals surface area (Å²) in [6.07, 6.45) is 0. The quantitative estimate of drug-likeness (QED) is 0.801. The van der Waals surface area contributed by atoms with Crippen molar-refractivity contribution in [2.75, 3.05) is 31.4 Å². The molecule has 0 saturated heterocycles. The van der Waals surface area contributed by atoms with E-state index in [9.17, 15) is 9.59 Å². The smallest absolute Gasteiger partial charge is 0.337 e. The molecule has 0 aliphatic heterocycles. The minimum atomic E-state index is -0.395. The first kappa shape index (κ1) is 16.4. The van der Waals surface area contributed by atoms with Gasteiger partial charge >= 0.3 is 5.97 Å². The Morgan fingerprint density at radius 3 is 2.09 bits per heavy atom. The second-order valence-corrected chi connectivity index (χ2v) is 4.70. The Bertz CT molecular complexity index is 666. The van der Waals surface area contributed by atoms with Crippen LogP contribution in [0, 0.1) is 0 Å². The van der Waals surface area contributed by atoms with Crippen LogP contribution in [-0.4, -0.2) is 32.6 Å². The summed E-state index contributed by atoms with van der Waals surface area (Å²) >= 11 is 0. The van der Waals surface area contributed by atoms with Gasteiger partial charge in [0.15, 0.2) is 0 Å². The third-order valence-electron chi connectivity index (χ3n) is 3.13. The lowest BCUT2D eigenvalue weighted by molar-refractivity contribution is -0.114. The number of benzene rings is 2. The molecule has 0 heterocycles. The van der Waals surface area contributed by atoms with Gasteiger partial charge in [0.2, 0.25) is 5.91 Å². The summed E-state index contributed by atoms with van der Waals surface area (Å²) in [5.74, 6) is 0.160. The minimum Gasteiger partial charge on any atom is -0.497 e. The maximum absolute atomic E-state index is 11.9. The van der Waals surface area contributed by atoms with Crippen LogP contribution in [0.3, 0.4) is 0 Å². The fraction of sp³-hybridized carbons (Fsp3) is 0.176. The van der Waals surface area contributed by atoms with E-state index in [-0.39, 0.29) is 12.5 Å². The average Bonchev–Trinajstić information content (AvgIpc) is 2.60. The lowest BCUT2D eigenvalue weighted by Crippen LogP contribution is -2.21. The van der Waals surface area contributed by atoms with Gasteiger partial charge in [-0.1, -0.05) is 0 Å². The molecular formula is C17H18N2O4. The van der Waals surface area contributed by atoms with Crippen LogP contribution in [0.2, 0.25) is 0 Å². The number of carbonyl (C=O) groups excluding carboxylic acids is 2. The van der Waals surface area contributed by atoms with Crippen molar-refractivity contribution in [1.29, 1.82) is 0 Å². The van der Waals surface area contributed by atoms with Crippen molar-refractivity contribution >= 4 is 23.3 Å². The predicted molar refractivity (Wildman–Crippen MR) is 87.9 cm³/mol. The Hall–Kier alpha value is -3.02. The topological polar surface area (TPSA) is 76.7 Å². The van der Waals surface area contributed by atoms with E-state index >= 15 is 0 Å². The standard InChI is InChI=1S/C17H18N2O4/c1-22-15-9-7-14(8-10-15)19-16(20)11-18-13-5-3-12(4-6-13)17(21)23-2/h3-10,18H,11H2,1-2H3,(H,19,20). The third-order valence-corrected chi connectivity index (χ3v) is 3.13. The molecule has 2 aromatic rings. The summed E-state index contributed by atoms with van der Waals surface area (Å²) in [7, 11) is 2.92. The second kappa shape index (κ2) is 7.84. The van der Waals surface area contributed by atoms with Crippen molar-refractivity contribution in [3.05, 3.63) is 54.1 Å². The minimum absolute atomic E-state index is 0.115. The number of carbonyl (C=O) groups is 2. The molecule has 0 aromatic heterocycles. The van der Waals surface area contributed by atoms with Crippen molar-refractivity contribution in [2.45, 2.75) is 0 Å². The molecule has 0 aliphatic carbocycles. The molecule has 0 spiro atoms. The van der Waals surface area contributed by atoms with Gasteiger partial charge in [0.05, 0.1) is 26.3 Å². The van der Waals surface area contributed by atoms with Crippen LogP contribution in [0.5, 0.6) is 5.75 Å². The molecular weight excluding hydrogens is 296 g/mol. The highest BCUT2D eigenvalue weighted by atomic mass is 16.5. The molecule has 6 heteroatoms. The number of rotatable bonds is 6. The number of hydrogen-bond donors (Lipinski definition) is 2. The molecule has 2 rings (SSSR count). The molecule has 1 amide bonds. The number of amides is 1. The first-order valence-electron chi connectivity index (χ1n) is 6.98. The maximum atomic E-state index is 11.9. The van der Waals surface area contributed by atoms with Gasteiger partial charge in [-0.25, -0.2) is 4.79 Å². The summed E-state index contributed by atoms with van der Waals surface area (Å²) in [6, 6.07) is 13.8. The lowest BCUT2D eigenvalue weighted by Gasteiger charge is -2.09. The summed E-state index contributed by atoms with van der Waals surface area (Å²) in [4.78, 5) is 23.2. The Labute approximate surface area is 134 Å². The van der Waals surface area contributed by atoms with Gasteiger partial charge < -0.3 is 20.1 Å². The molecule has 6 nitrogen and oxygen atoms in total. The number of ether oxygens (including phenoxy) is 2. The number of nitrogens with one attached hydrogen (secondary N) is 2. The summed E-state index contributed by atoms with van der Waals surface area (Å²) in [6.45, 7) is 0.115. The van der Waals surface area contributed by atoms with Gasteiger partial charge in [0, 0.05) is 11.4 Å². The van der Waals surface area contributed by atoms with Crippen molar-refractivity contribution in [3.8, 4) is 5.75 Å². The SMILES string of the molecule is COC(=O)c1ccc(NCC(=O)Nc2ccc(OC)cc2)cc1. The molecule has 120 valence electrons. The van der Waals surface area contributed by atoms with Crippen LogP contribution in [0.4, 0.5) is 11.4 Å². The average molecular weight is 314 g/mol. The molecule has 0 fully saturated rings. The highest BCUT2D eigenvalue weighted by Crippen LogP contribution is 2.15. The number of methoxy groups -OCH3 is 2. The molecule has 0 radical (unpaired) electrons. The molecule has 23 heavy (non-hydrogen) atoms. The van der Waals surface area contributed by atoms with E-state index in [1.807, 2.05) is 0 Å². The van der Waals surface area contributed by atoms with Gasteiger partial charge in [-0.3, -0.25) is 4.79 Å². The van der Waals surface area contributed by atoms with E-state index in [4.69, 9.17) is 4.74 Å². The van der Waals surface area contributed by atoms with Crippen LogP contribution in [0.25, 0.3) is 0 Å². The highest BCUT2D eigenvalue weighted by molar-refractivity contribution is 5.94. The Morgan fingerprint density at radius 1 is 0.913 bits per heavy atom. The number of esters is 1. The summed E-state index contributed by atoms with van der Waals surface area (Å²) in [5.41, 5.74) is 1.89. The van der Waals surface area contributed by atoms with Crippen LogP contribution in [-0.2, 0) is 9.53 Å². The van der Waals surface area contributed by atoms with E-state index < -0.39 is 5.97 Å². The number of anilines is 2. The largest absolute Gasteiger partial charge is 0.497 e. The Kier molecular flexibility index (Phi) is 5.57. The zero-order valence-corrected chi connectivity index (χ0v) is 13.0. The highest BCUT2D eigenvalue weighted by Gasteiger charge is 2.06. The molecule has 2 N–H and O–H groups in total. The fourth-order valence-corrected chi connectivity index (χ4v) is 1.90. The second-order valence-electron chi connectivity index (χ2n) is 4.70. The first-order chi connectivity index (χ1) is 11.1. The maximum Gasteiger partial charge on any atom is 0.337 e. The van der Waals surface area contributed by atoms with Gasteiger partial charge in [0.1, 0.15) is 5.75 Å². The molecule has 0 aliphatic rings. The zero-order valence-electron chi connectivity index (χ0n) is 13.0. The molecule has 0 atom stereocenters. The summed E-state index contributed by atoms with van der Waals surface area (Å²) < 4.78 is 9.68. The van der Waals surface area contributed by atoms with Crippen molar-refractivity contribution in [2.24, 2.45) is 0 Å². The van der Waals surface area contributed by atoms with Gasteiger partial charge in [-0.2, -0.15) is 0 Å². The normalized spacial score (nSPS) is 9.83. The number of hydrogen-bond acceptors (Lipinski definition) is 5. The van der Waals surface area contributed by atoms with Crippen LogP contribution < -0.4 is 15.4 Å². The zero-order chi connectivity index (χ0) is 16.7. The third kappa shape index (κ3) is 4.74. The van der Waals surface area contributed by atoms with Crippen LogP contribution in [0.15, 0.2) is 48.5 Å². The monoisotopic (exact) mass is 314 g/mol. The van der Waals surface area contributed by atoms with E-state index in [0.717, 1.165) is 11.4 Å². The molecule has 2 aromatic carbocycles. The van der Waals surface area contributed by atoms with Crippen molar-refractivity contribution < 1.29 is 19.1 Å². The first-order valence-corrected chi connectivity index (χ1v) is 6.98. The Morgan fingerprint density at radius 2 is 1.52 bits per heavy atom. The fourth-order valence-electron chi connectivity index (χ4n) is 1.90. The van der Waals surface area contributed by atoms with Crippen molar-refractivity contribution in [1.82, 2.24) is 0 Å². The van der Waals surface area contributed by atoms with E-state index in [0.29, 0.717) is 11.3 Å². The predicted octanol–water partition coefficient (Wildman–Crippen LogP) is 2.53. The van der Waals surface area contributed by atoms with Crippen LogP contribution in [0.1, 0.15) is 10.4 Å². The molecule has 0 unspecified atom stereocenters. The van der Waals surface area contributed by atoms with E-state index in [1.165, 1.54) is 7.11 Å². The lowest BCUT2D eigenvalue weighted by atomic mass is 10.2. The molecule has 0 bridgehead atoms. The summed E-state index contributed by atoms with van der Waals surface area (Å²) in [5, 5.41) is 5.75. The van der Waals surface area contributed by atoms with Gasteiger partial charge in [-0.15, -0.1) is 0 Å². The van der Waals surface area contributed by atoms with Crippen LogP contribution >= 0.6 is 0 Å². The van der Waals surface area contributed by atoms with Crippen molar-refractivity contribution in [3.63, 3.8) is 0 Å². The van der Waals surface area contributed by atoms with Gasteiger partial charge in [0.25, 0.3) is 0 Å². The van der Waals surface area contributed by atoms with E-state index in [1.54, 1.807) is 55.6 Å². The molecule has 0 saturated carbocycles.